The van der Waals surface area contributed by atoms with Crippen molar-refractivity contribution in [3.63, 3.8) is 0 Å². The van der Waals surface area contributed by atoms with Gasteiger partial charge in [0.25, 0.3) is 11.8 Å². The van der Waals surface area contributed by atoms with E-state index in [4.69, 9.17) is 8.83 Å². The van der Waals surface area contributed by atoms with Crippen LogP contribution >= 0.6 is 0 Å². The lowest BCUT2D eigenvalue weighted by molar-refractivity contribution is -0.133. The fourth-order valence-corrected chi connectivity index (χ4v) is 3.66. The van der Waals surface area contributed by atoms with E-state index in [2.05, 4.69) is 20.7 Å². The molecular formula is C23H21N7O5. The molecule has 0 aliphatic carbocycles. The summed E-state index contributed by atoms with van der Waals surface area (Å²) in [6, 6.07) is 13.4. The van der Waals surface area contributed by atoms with Crippen molar-refractivity contribution in [3.05, 3.63) is 72.6 Å². The molecule has 1 aromatic carbocycles. The van der Waals surface area contributed by atoms with Crippen molar-refractivity contribution in [1.82, 2.24) is 30.0 Å². The van der Waals surface area contributed by atoms with Crippen LogP contribution in [0.4, 0.5) is 5.69 Å². The standard InChI is InChI=1S/C23H21N7O5/c31-20(28-9-11-29(12-10-28)23(33)19-4-2-14-35-19)15-30-26-21(25-27-30)16-5-7-17(8-6-16)24-22(32)18-3-1-13-34-18/h1-8,13-14H,9-12,15H2,(H,24,32). The second-order valence-electron chi connectivity index (χ2n) is 7.80. The topological polar surface area (TPSA) is 140 Å². The van der Waals surface area contributed by atoms with E-state index in [0.717, 1.165) is 0 Å². The first-order valence-corrected chi connectivity index (χ1v) is 10.9. The quantitative estimate of drug-likeness (QED) is 0.445. The summed E-state index contributed by atoms with van der Waals surface area (Å²) in [7, 11) is 0. The number of furan rings is 2. The fourth-order valence-electron chi connectivity index (χ4n) is 3.66. The third-order valence-corrected chi connectivity index (χ3v) is 5.53. The number of piperazine rings is 1. The number of nitrogens with zero attached hydrogens (tertiary/aromatic N) is 6. The summed E-state index contributed by atoms with van der Waals surface area (Å²) >= 11 is 0. The summed E-state index contributed by atoms with van der Waals surface area (Å²) in [4.78, 5) is 41.7. The minimum Gasteiger partial charge on any atom is -0.459 e. The van der Waals surface area contributed by atoms with Crippen molar-refractivity contribution < 1.29 is 23.2 Å². The number of aromatic nitrogens is 4. The number of hydrogen-bond donors (Lipinski definition) is 1. The maximum atomic E-state index is 12.7. The van der Waals surface area contributed by atoms with E-state index in [-0.39, 0.29) is 35.8 Å². The Balaban J connectivity index is 1.14. The molecule has 0 bridgehead atoms. The van der Waals surface area contributed by atoms with E-state index in [9.17, 15) is 14.4 Å². The average Bonchev–Trinajstić information content (AvgIpc) is 3.67. The second-order valence-corrected chi connectivity index (χ2v) is 7.80. The van der Waals surface area contributed by atoms with Gasteiger partial charge in [-0.05, 0) is 53.7 Å². The van der Waals surface area contributed by atoms with E-state index in [0.29, 0.717) is 43.3 Å². The molecule has 12 heteroatoms. The lowest BCUT2D eigenvalue weighted by atomic mass is 10.2. The van der Waals surface area contributed by atoms with Crippen LogP contribution in [0.2, 0.25) is 0 Å². The molecule has 178 valence electrons. The summed E-state index contributed by atoms with van der Waals surface area (Å²) in [5.41, 5.74) is 1.27. The Bertz CT molecular complexity index is 1300. The Morgan fingerprint density at radius 2 is 1.51 bits per heavy atom. The predicted molar refractivity (Wildman–Crippen MR) is 121 cm³/mol. The third kappa shape index (κ3) is 4.95. The molecule has 1 N–H and O–H groups in total. The van der Waals surface area contributed by atoms with Gasteiger partial charge in [-0.2, -0.15) is 4.80 Å². The van der Waals surface area contributed by atoms with Gasteiger partial charge in [0.1, 0.15) is 6.54 Å². The SMILES string of the molecule is O=C(Nc1ccc(-c2nnn(CC(=O)N3CCN(C(=O)c4ccco4)CC3)n2)cc1)c1ccco1. The maximum absolute atomic E-state index is 12.7. The monoisotopic (exact) mass is 475 g/mol. The molecule has 4 aromatic rings. The summed E-state index contributed by atoms with van der Waals surface area (Å²) in [5.74, 6) is 0.171. The first kappa shape index (κ1) is 22.1. The fraction of sp³-hybridized carbons (Fsp3) is 0.217. The molecule has 0 unspecified atom stereocenters. The maximum Gasteiger partial charge on any atom is 0.291 e. The van der Waals surface area contributed by atoms with Gasteiger partial charge in [0.15, 0.2) is 11.5 Å². The van der Waals surface area contributed by atoms with Gasteiger partial charge < -0.3 is 24.0 Å². The average molecular weight is 475 g/mol. The number of amides is 3. The molecule has 4 heterocycles. The molecule has 1 aliphatic heterocycles. The molecule has 0 radical (unpaired) electrons. The van der Waals surface area contributed by atoms with E-state index >= 15 is 0 Å². The highest BCUT2D eigenvalue weighted by Gasteiger charge is 2.26. The summed E-state index contributed by atoms with van der Waals surface area (Å²) < 4.78 is 10.2. The molecule has 1 fully saturated rings. The lowest BCUT2D eigenvalue weighted by Gasteiger charge is -2.34. The van der Waals surface area contributed by atoms with Crippen LogP contribution in [0.25, 0.3) is 11.4 Å². The van der Waals surface area contributed by atoms with Crippen molar-refractivity contribution >= 4 is 23.4 Å². The van der Waals surface area contributed by atoms with Crippen molar-refractivity contribution in [3.8, 4) is 11.4 Å². The van der Waals surface area contributed by atoms with Crippen molar-refractivity contribution in [2.24, 2.45) is 0 Å². The number of benzene rings is 1. The molecular weight excluding hydrogens is 454 g/mol. The molecule has 0 spiro atoms. The van der Waals surface area contributed by atoms with Crippen LogP contribution in [0.15, 0.2) is 69.9 Å². The highest BCUT2D eigenvalue weighted by atomic mass is 16.3. The molecule has 1 saturated heterocycles. The first-order valence-electron chi connectivity index (χ1n) is 10.9. The van der Waals surface area contributed by atoms with Crippen LogP contribution in [0.1, 0.15) is 21.1 Å². The van der Waals surface area contributed by atoms with Crippen molar-refractivity contribution in [2.75, 3.05) is 31.5 Å². The van der Waals surface area contributed by atoms with Crippen LogP contribution in [-0.2, 0) is 11.3 Å². The van der Waals surface area contributed by atoms with Crippen LogP contribution in [0, 0.1) is 0 Å². The van der Waals surface area contributed by atoms with E-state index in [1.54, 1.807) is 58.3 Å². The van der Waals surface area contributed by atoms with Crippen LogP contribution < -0.4 is 5.32 Å². The molecule has 1 aliphatic rings. The zero-order chi connectivity index (χ0) is 24.2. The molecule has 0 saturated carbocycles. The van der Waals surface area contributed by atoms with Gasteiger partial charge in [0.05, 0.1) is 12.5 Å². The second kappa shape index (κ2) is 9.63. The largest absolute Gasteiger partial charge is 0.459 e. The highest BCUT2D eigenvalue weighted by Crippen LogP contribution is 2.18. The zero-order valence-corrected chi connectivity index (χ0v) is 18.5. The number of carbonyl (C=O) groups is 3. The van der Waals surface area contributed by atoms with Gasteiger partial charge in [-0.15, -0.1) is 10.2 Å². The van der Waals surface area contributed by atoms with Gasteiger partial charge in [-0.1, -0.05) is 0 Å². The number of tetrazole rings is 1. The molecule has 12 nitrogen and oxygen atoms in total. The third-order valence-electron chi connectivity index (χ3n) is 5.53. The Morgan fingerprint density at radius 1 is 0.857 bits per heavy atom. The summed E-state index contributed by atoms with van der Waals surface area (Å²) in [5, 5.41) is 15.0. The van der Waals surface area contributed by atoms with Gasteiger partial charge >= 0.3 is 0 Å². The smallest absolute Gasteiger partial charge is 0.291 e. The number of nitrogens with one attached hydrogen (secondary N) is 1. The molecule has 3 amide bonds. The normalized spacial score (nSPS) is 13.6. The lowest BCUT2D eigenvalue weighted by Crippen LogP contribution is -2.51. The molecule has 5 rings (SSSR count). The number of hydrogen-bond acceptors (Lipinski definition) is 8. The van der Waals surface area contributed by atoms with Crippen LogP contribution in [-0.4, -0.2) is 73.9 Å². The predicted octanol–water partition coefficient (Wildman–Crippen LogP) is 1.76. The highest BCUT2D eigenvalue weighted by molar-refractivity contribution is 6.02. The van der Waals surface area contributed by atoms with E-state index in [1.807, 2.05) is 0 Å². The number of rotatable bonds is 6. The molecule has 35 heavy (non-hydrogen) atoms. The summed E-state index contributed by atoms with van der Waals surface area (Å²) in [6.45, 7) is 1.61. The van der Waals surface area contributed by atoms with Crippen molar-refractivity contribution in [2.45, 2.75) is 6.54 Å². The summed E-state index contributed by atoms with van der Waals surface area (Å²) in [6.07, 6.45) is 2.89. The molecule has 0 atom stereocenters. The van der Waals surface area contributed by atoms with Gasteiger partial charge in [-0.25, -0.2) is 0 Å². The Kier molecular flexibility index (Phi) is 6.07. The Morgan fingerprint density at radius 3 is 2.17 bits per heavy atom. The molecule has 3 aromatic heterocycles. The van der Waals surface area contributed by atoms with Crippen LogP contribution in [0.3, 0.4) is 0 Å². The van der Waals surface area contributed by atoms with Gasteiger partial charge in [-0.3, -0.25) is 14.4 Å². The number of carbonyl (C=O) groups excluding carboxylic acids is 3. The van der Waals surface area contributed by atoms with Crippen LogP contribution in [0.5, 0.6) is 0 Å². The Labute approximate surface area is 199 Å². The van der Waals surface area contributed by atoms with E-state index in [1.165, 1.54) is 17.3 Å². The zero-order valence-electron chi connectivity index (χ0n) is 18.5. The van der Waals surface area contributed by atoms with Gasteiger partial charge in [0, 0.05) is 37.4 Å². The minimum atomic E-state index is -0.350. The minimum absolute atomic E-state index is 0.0591. The van der Waals surface area contributed by atoms with Crippen molar-refractivity contribution in [1.29, 1.82) is 0 Å². The van der Waals surface area contributed by atoms with Gasteiger partial charge in [0.2, 0.25) is 11.7 Å². The first-order chi connectivity index (χ1) is 17.1. The van der Waals surface area contributed by atoms with E-state index < -0.39 is 0 Å². The Hall–Kier alpha value is -4.74. The number of anilines is 1.